The summed E-state index contributed by atoms with van der Waals surface area (Å²) in [5, 5.41) is 0. The van der Waals surface area contributed by atoms with Gasteiger partial charge in [0.25, 0.3) is 0 Å². The molecule has 0 aliphatic carbocycles. The minimum Gasteiger partial charge on any atom is -0.457 e. The van der Waals surface area contributed by atoms with Gasteiger partial charge in [-0.2, -0.15) is 0 Å². The fraction of sp³-hybridized carbons (Fsp3) is 0.182. The Morgan fingerprint density at radius 1 is 0.500 bits per heavy atom. The SMILES string of the molecule is Cc1ccc(Oc2ccc(Oc3ccc(C)cc3C)cc2)c(C)c1. The maximum absolute atomic E-state index is 5.95. The molecule has 0 saturated heterocycles. The molecular weight excluding hydrogens is 296 g/mol. The van der Waals surface area contributed by atoms with Crippen LogP contribution in [0.25, 0.3) is 0 Å². The molecule has 0 spiro atoms. The van der Waals surface area contributed by atoms with Crippen LogP contribution in [-0.4, -0.2) is 0 Å². The Kier molecular flexibility index (Phi) is 4.57. The van der Waals surface area contributed by atoms with Crippen molar-refractivity contribution in [3.8, 4) is 23.0 Å². The number of aryl methyl sites for hydroxylation is 4. The van der Waals surface area contributed by atoms with Crippen molar-refractivity contribution in [3.05, 3.63) is 82.9 Å². The zero-order chi connectivity index (χ0) is 17.1. The van der Waals surface area contributed by atoms with Gasteiger partial charge in [0.05, 0.1) is 0 Å². The lowest BCUT2D eigenvalue weighted by Gasteiger charge is -2.12. The lowest BCUT2D eigenvalue weighted by molar-refractivity contribution is 0.465. The Balaban J connectivity index is 1.73. The van der Waals surface area contributed by atoms with E-state index in [0.29, 0.717) is 0 Å². The topological polar surface area (TPSA) is 18.5 Å². The number of benzene rings is 3. The summed E-state index contributed by atoms with van der Waals surface area (Å²) in [5.74, 6) is 3.36. The van der Waals surface area contributed by atoms with Crippen LogP contribution in [0.3, 0.4) is 0 Å². The average molecular weight is 318 g/mol. The van der Waals surface area contributed by atoms with Gasteiger partial charge in [-0.05, 0) is 75.2 Å². The highest BCUT2D eigenvalue weighted by atomic mass is 16.5. The molecule has 0 fully saturated rings. The molecule has 0 aliphatic rings. The second-order valence-corrected chi connectivity index (χ2v) is 6.21. The van der Waals surface area contributed by atoms with E-state index in [4.69, 9.17) is 9.47 Å². The highest BCUT2D eigenvalue weighted by Crippen LogP contribution is 2.30. The van der Waals surface area contributed by atoms with Gasteiger partial charge in [0.2, 0.25) is 0 Å². The van der Waals surface area contributed by atoms with E-state index in [1.165, 1.54) is 11.1 Å². The molecule has 0 unspecified atom stereocenters. The maximum atomic E-state index is 5.95. The van der Waals surface area contributed by atoms with Gasteiger partial charge in [0.1, 0.15) is 23.0 Å². The van der Waals surface area contributed by atoms with Crippen LogP contribution in [0, 0.1) is 27.7 Å². The summed E-state index contributed by atoms with van der Waals surface area (Å²) in [5.41, 5.74) is 4.73. The molecule has 0 heterocycles. The lowest BCUT2D eigenvalue weighted by atomic mass is 10.1. The van der Waals surface area contributed by atoms with Crippen LogP contribution in [0.4, 0.5) is 0 Å². The van der Waals surface area contributed by atoms with Gasteiger partial charge in [0.15, 0.2) is 0 Å². The van der Waals surface area contributed by atoms with Crippen LogP contribution >= 0.6 is 0 Å². The van der Waals surface area contributed by atoms with Crippen molar-refractivity contribution >= 4 is 0 Å². The standard InChI is InChI=1S/C22H22O2/c1-15-5-11-21(17(3)13-15)23-19-7-9-20(10-8-19)24-22-12-6-16(2)14-18(22)4/h5-14H,1-4H3. The molecule has 3 aromatic carbocycles. The Morgan fingerprint density at radius 2 is 0.875 bits per heavy atom. The zero-order valence-corrected chi connectivity index (χ0v) is 14.6. The molecule has 0 aliphatic heterocycles. The van der Waals surface area contributed by atoms with Gasteiger partial charge in [-0.3, -0.25) is 0 Å². The third-order valence-electron chi connectivity index (χ3n) is 3.94. The van der Waals surface area contributed by atoms with Crippen LogP contribution in [0.15, 0.2) is 60.7 Å². The Morgan fingerprint density at radius 3 is 1.21 bits per heavy atom. The van der Waals surface area contributed by atoms with Gasteiger partial charge in [-0.15, -0.1) is 0 Å². The molecule has 0 bridgehead atoms. The van der Waals surface area contributed by atoms with Gasteiger partial charge < -0.3 is 9.47 Å². The Bertz CT molecular complexity index is 776. The first-order chi connectivity index (χ1) is 11.5. The summed E-state index contributed by atoms with van der Waals surface area (Å²) >= 11 is 0. The molecule has 0 atom stereocenters. The lowest BCUT2D eigenvalue weighted by Crippen LogP contribution is -1.90. The highest BCUT2D eigenvalue weighted by Gasteiger charge is 2.04. The first-order valence-electron chi connectivity index (χ1n) is 8.11. The maximum Gasteiger partial charge on any atom is 0.130 e. The predicted molar refractivity (Wildman–Crippen MR) is 98.4 cm³/mol. The predicted octanol–water partition coefficient (Wildman–Crippen LogP) is 6.50. The van der Waals surface area contributed by atoms with E-state index in [2.05, 4.69) is 52.0 Å². The Hall–Kier alpha value is -2.74. The van der Waals surface area contributed by atoms with Crippen LogP contribution < -0.4 is 9.47 Å². The number of hydrogen-bond acceptors (Lipinski definition) is 2. The van der Waals surface area contributed by atoms with Gasteiger partial charge in [-0.25, -0.2) is 0 Å². The van der Waals surface area contributed by atoms with Crippen LogP contribution in [0.2, 0.25) is 0 Å². The second kappa shape index (κ2) is 6.79. The van der Waals surface area contributed by atoms with Crippen LogP contribution in [0.5, 0.6) is 23.0 Å². The van der Waals surface area contributed by atoms with Crippen molar-refractivity contribution in [2.45, 2.75) is 27.7 Å². The molecular formula is C22H22O2. The first-order valence-corrected chi connectivity index (χ1v) is 8.11. The van der Waals surface area contributed by atoms with Crippen molar-refractivity contribution < 1.29 is 9.47 Å². The number of hydrogen-bond donors (Lipinski definition) is 0. The summed E-state index contributed by atoms with van der Waals surface area (Å²) in [6, 6.07) is 20.1. The van der Waals surface area contributed by atoms with Gasteiger partial charge >= 0.3 is 0 Å². The van der Waals surface area contributed by atoms with E-state index in [-0.39, 0.29) is 0 Å². The fourth-order valence-electron chi connectivity index (χ4n) is 2.66. The van der Waals surface area contributed by atoms with Crippen LogP contribution in [-0.2, 0) is 0 Å². The minimum absolute atomic E-state index is 0.801. The summed E-state index contributed by atoms with van der Waals surface area (Å²) in [7, 11) is 0. The van der Waals surface area contributed by atoms with Crippen molar-refractivity contribution in [3.63, 3.8) is 0 Å². The fourth-order valence-corrected chi connectivity index (χ4v) is 2.66. The third kappa shape index (κ3) is 3.77. The smallest absolute Gasteiger partial charge is 0.130 e. The van der Waals surface area contributed by atoms with Crippen molar-refractivity contribution in [2.24, 2.45) is 0 Å². The molecule has 0 N–H and O–H groups in total. The zero-order valence-electron chi connectivity index (χ0n) is 14.6. The normalized spacial score (nSPS) is 10.5. The summed E-state index contributed by atoms with van der Waals surface area (Å²) < 4.78 is 11.9. The quantitative estimate of drug-likeness (QED) is 0.546. The Labute approximate surface area is 143 Å². The van der Waals surface area contributed by atoms with Gasteiger partial charge in [0, 0.05) is 0 Å². The molecule has 0 radical (unpaired) electrons. The molecule has 3 rings (SSSR count). The van der Waals surface area contributed by atoms with Crippen molar-refractivity contribution in [1.29, 1.82) is 0 Å². The van der Waals surface area contributed by atoms with Crippen LogP contribution in [0.1, 0.15) is 22.3 Å². The third-order valence-corrected chi connectivity index (χ3v) is 3.94. The van der Waals surface area contributed by atoms with Crippen molar-refractivity contribution in [1.82, 2.24) is 0 Å². The number of ether oxygens (including phenoxy) is 2. The monoisotopic (exact) mass is 318 g/mol. The highest BCUT2D eigenvalue weighted by molar-refractivity contribution is 5.43. The molecule has 24 heavy (non-hydrogen) atoms. The minimum atomic E-state index is 0.801. The van der Waals surface area contributed by atoms with E-state index >= 15 is 0 Å². The summed E-state index contributed by atoms with van der Waals surface area (Å²) in [6.07, 6.45) is 0. The average Bonchev–Trinajstić information content (AvgIpc) is 2.54. The van der Waals surface area contributed by atoms with Crippen molar-refractivity contribution in [2.75, 3.05) is 0 Å². The molecule has 0 amide bonds. The molecule has 0 aromatic heterocycles. The van der Waals surface area contributed by atoms with Gasteiger partial charge in [-0.1, -0.05) is 35.4 Å². The molecule has 3 aromatic rings. The largest absolute Gasteiger partial charge is 0.457 e. The second-order valence-electron chi connectivity index (χ2n) is 6.21. The van der Waals surface area contributed by atoms with E-state index in [9.17, 15) is 0 Å². The molecule has 2 heteroatoms. The van der Waals surface area contributed by atoms with E-state index in [1.54, 1.807) is 0 Å². The molecule has 0 saturated carbocycles. The van der Waals surface area contributed by atoms with E-state index in [1.807, 2.05) is 36.4 Å². The number of rotatable bonds is 4. The summed E-state index contributed by atoms with van der Waals surface area (Å²) in [4.78, 5) is 0. The van der Waals surface area contributed by atoms with E-state index < -0.39 is 0 Å². The molecule has 122 valence electrons. The summed E-state index contributed by atoms with van der Waals surface area (Å²) in [6.45, 7) is 8.27. The first kappa shape index (κ1) is 16.1. The molecule has 2 nitrogen and oxygen atoms in total. The van der Waals surface area contributed by atoms with E-state index in [0.717, 1.165) is 34.1 Å².